The van der Waals surface area contributed by atoms with Gasteiger partial charge in [-0.05, 0) is 83.1 Å². The maximum Gasteiger partial charge on any atom is 0.308 e. The third kappa shape index (κ3) is 5.90. The lowest BCUT2D eigenvalue weighted by atomic mass is 9.95. The molecule has 0 amide bonds. The predicted molar refractivity (Wildman–Crippen MR) is 97.1 cm³/mol. The Balaban J connectivity index is 1.63. The summed E-state index contributed by atoms with van der Waals surface area (Å²) in [6, 6.07) is 4.50. The smallest absolute Gasteiger partial charge is 0.308 e. The summed E-state index contributed by atoms with van der Waals surface area (Å²) in [5.74, 6) is -0.126. The fraction of sp³-hybridized carbons (Fsp3) is 0.700. The van der Waals surface area contributed by atoms with Crippen LogP contribution >= 0.6 is 0 Å². The van der Waals surface area contributed by atoms with Crippen LogP contribution in [-0.2, 0) is 28.8 Å². The number of hydrogen-bond acceptors (Lipinski definition) is 4. The van der Waals surface area contributed by atoms with Gasteiger partial charge in [-0.15, -0.1) is 0 Å². The first-order valence-electron chi connectivity index (χ1n) is 9.34. The summed E-state index contributed by atoms with van der Waals surface area (Å²) in [5.41, 5.74) is 4.05. The number of aromatic nitrogens is 1. The van der Waals surface area contributed by atoms with Gasteiger partial charge in [0.2, 0.25) is 0 Å². The van der Waals surface area contributed by atoms with E-state index >= 15 is 0 Å². The Hall–Kier alpha value is -1.42. The predicted octanol–water partition coefficient (Wildman–Crippen LogP) is 3.41. The van der Waals surface area contributed by atoms with Crippen molar-refractivity contribution in [1.82, 2.24) is 9.88 Å². The molecule has 0 spiro atoms. The molecule has 0 radical (unpaired) electrons. The van der Waals surface area contributed by atoms with Crippen molar-refractivity contribution in [2.24, 2.45) is 5.92 Å². The Morgan fingerprint density at radius 2 is 2.04 bits per heavy atom. The van der Waals surface area contributed by atoms with Crippen LogP contribution in [0.1, 0.15) is 56.0 Å². The second-order valence-corrected chi connectivity index (χ2v) is 7.09. The highest BCUT2D eigenvalue weighted by Gasteiger charge is 2.13. The van der Waals surface area contributed by atoms with E-state index < -0.39 is 0 Å². The molecule has 1 aromatic heterocycles. The summed E-state index contributed by atoms with van der Waals surface area (Å²) in [4.78, 5) is 18.6. The van der Waals surface area contributed by atoms with E-state index in [1.807, 2.05) is 6.92 Å². The van der Waals surface area contributed by atoms with Crippen LogP contribution in [0.2, 0.25) is 0 Å². The number of esters is 1. The number of hydrogen-bond donors (Lipinski definition) is 0. The molecule has 134 valence electrons. The number of aryl methyl sites for hydroxylation is 3. The van der Waals surface area contributed by atoms with Gasteiger partial charge in [0.1, 0.15) is 0 Å². The summed E-state index contributed by atoms with van der Waals surface area (Å²) < 4.78 is 4.77. The van der Waals surface area contributed by atoms with Crippen LogP contribution < -0.4 is 0 Å². The van der Waals surface area contributed by atoms with Gasteiger partial charge in [-0.1, -0.05) is 13.0 Å². The van der Waals surface area contributed by atoms with E-state index in [9.17, 15) is 4.79 Å². The van der Waals surface area contributed by atoms with Crippen molar-refractivity contribution in [2.45, 2.75) is 58.3 Å². The Morgan fingerprint density at radius 3 is 2.83 bits per heavy atom. The lowest BCUT2D eigenvalue weighted by Gasteiger charge is -2.18. The summed E-state index contributed by atoms with van der Waals surface area (Å²) in [6.45, 7) is 3.94. The van der Waals surface area contributed by atoms with E-state index in [1.54, 1.807) is 0 Å². The summed E-state index contributed by atoms with van der Waals surface area (Å²) >= 11 is 0. The highest BCUT2D eigenvalue weighted by Crippen LogP contribution is 2.20. The Morgan fingerprint density at radius 1 is 1.25 bits per heavy atom. The van der Waals surface area contributed by atoms with E-state index in [1.165, 1.54) is 56.2 Å². The zero-order valence-corrected chi connectivity index (χ0v) is 15.5. The van der Waals surface area contributed by atoms with Gasteiger partial charge in [0, 0.05) is 11.4 Å². The molecule has 2 rings (SSSR count). The molecule has 0 bridgehead atoms. The number of rotatable bonds is 9. The molecule has 0 N–H and O–H groups in total. The van der Waals surface area contributed by atoms with Crippen molar-refractivity contribution in [3.63, 3.8) is 0 Å². The third-order valence-electron chi connectivity index (χ3n) is 5.01. The van der Waals surface area contributed by atoms with Crippen LogP contribution in [0.25, 0.3) is 0 Å². The quantitative estimate of drug-likeness (QED) is 0.513. The Kier molecular flexibility index (Phi) is 7.70. The average Bonchev–Trinajstić information content (AvgIpc) is 2.62. The lowest BCUT2D eigenvalue weighted by molar-refractivity contribution is -0.145. The second-order valence-electron chi connectivity index (χ2n) is 7.09. The number of nitrogens with zero attached hydrogens (tertiary/aromatic N) is 2. The van der Waals surface area contributed by atoms with Crippen molar-refractivity contribution in [3.05, 3.63) is 29.1 Å². The van der Waals surface area contributed by atoms with E-state index in [4.69, 9.17) is 9.72 Å². The number of methoxy groups -OCH3 is 1. The second kappa shape index (κ2) is 9.77. The van der Waals surface area contributed by atoms with Gasteiger partial charge in [-0.2, -0.15) is 0 Å². The third-order valence-corrected chi connectivity index (χ3v) is 5.01. The first-order chi connectivity index (χ1) is 11.6. The topological polar surface area (TPSA) is 42.4 Å². The lowest BCUT2D eigenvalue weighted by Crippen LogP contribution is -2.25. The van der Waals surface area contributed by atoms with Gasteiger partial charge >= 0.3 is 5.97 Å². The number of fused-ring (bicyclic) bond motifs is 1. The largest absolute Gasteiger partial charge is 0.469 e. The van der Waals surface area contributed by atoms with Gasteiger partial charge in [0.05, 0.1) is 13.0 Å². The van der Waals surface area contributed by atoms with Crippen molar-refractivity contribution < 1.29 is 9.53 Å². The first-order valence-corrected chi connectivity index (χ1v) is 9.34. The van der Waals surface area contributed by atoms with Crippen LogP contribution in [0.5, 0.6) is 0 Å². The van der Waals surface area contributed by atoms with Crippen LogP contribution in [0.3, 0.4) is 0 Å². The van der Waals surface area contributed by atoms with Gasteiger partial charge in [0.25, 0.3) is 0 Å². The Bertz CT molecular complexity index is 530. The molecule has 0 aromatic carbocycles. The fourth-order valence-electron chi connectivity index (χ4n) is 3.30. The van der Waals surface area contributed by atoms with Crippen molar-refractivity contribution in [1.29, 1.82) is 0 Å². The standard InChI is InChI=1S/C20H32N2O2/c1-16(20(23)24-3)13-15-22(2)14-7-6-9-18-12-11-17-8-4-5-10-19(17)21-18/h11-12,16H,4-10,13-15H2,1-3H3/t16-/m0/s1. The van der Waals surface area contributed by atoms with Gasteiger partial charge in [-0.3, -0.25) is 9.78 Å². The summed E-state index contributed by atoms with van der Waals surface area (Å²) in [6.07, 6.45) is 9.23. The number of carbonyl (C=O) groups is 1. The van der Waals surface area contributed by atoms with Crippen molar-refractivity contribution in [3.8, 4) is 0 Å². The van der Waals surface area contributed by atoms with Gasteiger partial charge < -0.3 is 9.64 Å². The maximum absolute atomic E-state index is 11.4. The molecule has 4 nitrogen and oxygen atoms in total. The number of pyridine rings is 1. The zero-order valence-electron chi connectivity index (χ0n) is 15.5. The van der Waals surface area contributed by atoms with E-state index in [0.29, 0.717) is 0 Å². The highest BCUT2D eigenvalue weighted by molar-refractivity contribution is 5.71. The first kappa shape index (κ1) is 18.9. The minimum atomic E-state index is -0.109. The maximum atomic E-state index is 11.4. The fourth-order valence-corrected chi connectivity index (χ4v) is 3.30. The van der Waals surface area contributed by atoms with Crippen LogP contribution in [0.4, 0.5) is 0 Å². The molecule has 1 atom stereocenters. The minimum Gasteiger partial charge on any atom is -0.469 e. The van der Waals surface area contributed by atoms with Crippen molar-refractivity contribution in [2.75, 3.05) is 27.2 Å². The SMILES string of the molecule is COC(=O)[C@@H](C)CCN(C)CCCCc1ccc2c(n1)CCCC2. The molecule has 1 heterocycles. The molecule has 0 saturated carbocycles. The Labute approximate surface area is 146 Å². The normalized spacial score (nSPS) is 15.2. The summed E-state index contributed by atoms with van der Waals surface area (Å²) in [5, 5.41) is 0. The molecular formula is C20H32N2O2. The monoisotopic (exact) mass is 332 g/mol. The zero-order chi connectivity index (χ0) is 17.4. The van der Waals surface area contributed by atoms with Crippen LogP contribution in [0.15, 0.2) is 12.1 Å². The molecular weight excluding hydrogens is 300 g/mol. The molecule has 4 heteroatoms. The van der Waals surface area contributed by atoms with Gasteiger partial charge in [0.15, 0.2) is 0 Å². The minimum absolute atomic E-state index is 0.0165. The molecule has 0 aliphatic heterocycles. The number of ether oxygens (including phenoxy) is 1. The molecule has 1 aliphatic rings. The van der Waals surface area contributed by atoms with E-state index in [0.717, 1.165) is 32.4 Å². The summed E-state index contributed by atoms with van der Waals surface area (Å²) in [7, 11) is 3.58. The van der Waals surface area contributed by atoms with Crippen molar-refractivity contribution >= 4 is 5.97 Å². The van der Waals surface area contributed by atoms with E-state index in [-0.39, 0.29) is 11.9 Å². The van der Waals surface area contributed by atoms with Crippen LogP contribution in [-0.4, -0.2) is 43.1 Å². The number of unbranched alkanes of at least 4 members (excludes halogenated alkanes) is 1. The van der Waals surface area contributed by atoms with Crippen LogP contribution in [0, 0.1) is 5.92 Å². The van der Waals surface area contributed by atoms with Gasteiger partial charge in [-0.25, -0.2) is 0 Å². The highest BCUT2D eigenvalue weighted by atomic mass is 16.5. The average molecular weight is 332 g/mol. The molecule has 1 aromatic rings. The van der Waals surface area contributed by atoms with E-state index in [2.05, 4.69) is 24.1 Å². The molecule has 1 aliphatic carbocycles. The molecule has 24 heavy (non-hydrogen) atoms. The molecule has 0 unspecified atom stereocenters. The molecule has 0 saturated heterocycles. The number of carbonyl (C=O) groups excluding carboxylic acids is 1. The molecule has 0 fully saturated rings.